The molecule has 0 aromatic rings. The van der Waals surface area contributed by atoms with Crippen LogP contribution in [0.15, 0.2) is 54.3 Å². The third-order valence-electron chi connectivity index (χ3n) is 2.45. The molecule has 0 amide bonds. The molecule has 0 nitrogen and oxygen atoms in total. The van der Waals surface area contributed by atoms with Gasteiger partial charge in [-0.05, 0) is 31.4 Å². The largest absolute Gasteiger partial charge is 0.121 e. The molecular formula is C14H18. The van der Waals surface area contributed by atoms with E-state index in [9.17, 15) is 0 Å². The third-order valence-corrected chi connectivity index (χ3v) is 2.45. The van der Waals surface area contributed by atoms with E-state index in [0.717, 1.165) is 12.8 Å². The van der Waals surface area contributed by atoms with Gasteiger partial charge in [0.2, 0.25) is 0 Å². The molecule has 1 unspecified atom stereocenters. The summed E-state index contributed by atoms with van der Waals surface area (Å²) in [5.74, 6) is 0. The summed E-state index contributed by atoms with van der Waals surface area (Å²) >= 11 is 0. The lowest BCUT2D eigenvalue weighted by molar-refractivity contribution is 0.506. The molecule has 0 aromatic heterocycles. The van der Waals surface area contributed by atoms with Crippen LogP contribution in [-0.4, -0.2) is 0 Å². The summed E-state index contributed by atoms with van der Waals surface area (Å²) in [5.41, 5.74) is 4.61. The van der Waals surface area contributed by atoms with Crippen LogP contribution in [0, 0.1) is 5.41 Å². The van der Waals surface area contributed by atoms with Gasteiger partial charge >= 0.3 is 0 Å². The van der Waals surface area contributed by atoms with E-state index < -0.39 is 0 Å². The SMILES string of the molecule is C=CCCC1(C)C=C=C(C)C=CC=C1. The molecule has 1 atom stereocenters. The molecule has 1 aliphatic rings. The maximum atomic E-state index is 3.76. The molecule has 0 aliphatic heterocycles. The molecule has 14 heavy (non-hydrogen) atoms. The minimum atomic E-state index is 0.125. The van der Waals surface area contributed by atoms with Gasteiger partial charge in [-0.1, -0.05) is 37.3 Å². The van der Waals surface area contributed by atoms with Crippen molar-refractivity contribution < 1.29 is 0 Å². The van der Waals surface area contributed by atoms with Crippen LogP contribution in [0.3, 0.4) is 0 Å². The number of rotatable bonds is 3. The summed E-state index contributed by atoms with van der Waals surface area (Å²) in [6.45, 7) is 8.05. The Labute approximate surface area is 87.0 Å². The van der Waals surface area contributed by atoms with Crippen LogP contribution in [0.5, 0.6) is 0 Å². The van der Waals surface area contributed by atoms with Crippen molar-refractivity contribution in [3.8, 4) is 0 Å². The quantitative estimate of drug-likeness (QED) is 0.458. The summed E-state index contributed by atoms with van der Waals surface area (Å²) in [5, 5.41) is 0. The fourth-order valence-corrected chi connectivity index (χ4v) is 1.42. The van der Waals surface area contributed by atoms with Gasteiger partial charge in [0.15, 0.2) is 0 Å². The summed E-state index contributed by atoms with van der Waals surface area (Å²) in [6.07, 6.45) is 14.8. The van der Waals surface area contributed by atoms with Gasteiger partial charge in [0.05, 0.1) is 0 Å². The third kappa shape index (κ3) is 3.24. The average molecular weight is 186 g/mol. The minimum Gasteiger partial charge on any atom is -0.121 e. The Balaban J connectivity index is 2.87. The van der Waals surface area contributed by atoms with Gasteiger partial charge in [0.25, 0.3) is 0 Å². The van der Waals surface area contributed by atoms with Gasteiger partial charge in [-0.2, -0.15) is 0 Å². The first-order chi connectivity index (χ1) is 6.66. The van der Waals surface area contributed by atoms with E-state index in [1.165, 1.54) is 5.57 Å². The Morgan fingerprint density at radius 1 is 1.50 bits per heavy atom. The molecule has 0 aromatic carbocycles. The molecule has 0 saturated heterocycles. The normalized spacial score (nSPS) is 25.4. The molecule has 0 heteroatoms. The monoisotopic (exact) mass is 186 g/mol. The molecule has 0 saturated carbocycles. The van der Waals surface area contributed by atoms with Crippen LogP contribution >= 0.6 is 0 Å². The van der Waals surface area contributed by atoms with Crippen molar-refractivity contribution in [2.24, 2.45) is 5.41 Å². The standard InChI is InChI=1S/C14H18/c1-4-5-10-14(3)11-7-6-8-13(2)9-12-14/h4,6-8,11-12H,1,5,10H2,2-3H3. The van der Waals surface area contributed by atoms with Gasteiger partial charge in [0, 0.05) is 5.41 Å². The second-order valence-corrected chi connectivity index (χ2v) is 4.02. The molecular weight excluding hydrogens is 168 g/mol. The van der Waals surface area contributed by atoms with E-state index >= 15 is 0 Å². The van der Waals surface area contributed by atoms with Crippen LogP contribution in [-0.2, 0) is 0 Å². The van der Waals surface area contributed by atoms with Gasteiger partial charge in [-0.15, -0.1) is 12.3 Å². The topological polar surface area (TPSA) is 0 Å². The first-order valence-electron chi connectivity index (χ1n) is 5.07. The highest BCUT2D eigenvalue weighted by Crippen LogP contribution is 2.27. The van der Waals surface area contributed by atoms with Crippen LogP contribution in [0.4, 0.5) is 0 Å². The van der Waals surface area contributed by atoms with Gasteiger partial charge < -0.3 is 0 Å². The molecule has 1 rings (SSSR count). The highest BCUT2D eigenvalue weighted by molar-refractivity contribution is 5.26. The average Bonchev–Trinajstić information content (AvgIpc) is 2.17. The van der Waals surface area contributed by atoms with E-state index in [1.54, 1.807) is 0 Å². The molecule has 74 valence electrons. The van der Waals surface area contributed by atoms with Gasteiger partial charge in [-0.3, -0.25) is 0 Å². The summed E-state index contributed by atoms with van der Waals surface area (Å²) in [7, 11) is 0. The van der Waals surface area contributed by atoms with Crippen molar-refractivity contribution in [3.63, 3.8) is 0 Å². The molecule has 0 spiro atoms. The predicted molar refractivity (Wildman–Crippen MR) is 63.1 cm³/mol. The molecule has 0 radical (unpaired) electrons. The highest BCUT2D eigenvalue weighted by Gasteiger charge is 2.15. The van der Waals surface area contributed by atoms with Crippen molar-refractivity contribution in [1.29, 1.82) is 0 Å². The van der Waals surface area contributed by atoms with Crippen molar-refractivity contribution in [2.75, 3.05) is 0 Å². The van der Waals surface area contributed by atoms with Crippen LogP contribution in [0.25, 0.3) is 0 Å². The lowest BCUT2D eigenvalue weighted by Gasteiger charge is -2.20. The molecule has 1 aliphatic carbocycles. The zero-order chi connectivity index (χ0) is 10.4. The Morgan fingerprint density at radius 2 is 2.29 bits per heavy atom. The number of allylic oxidation sites excluding steroid dienone is 6. The first-order valence-corrected chi connectivity index (χ1v) is 5.07. The van der Waals surface area contributed by atoms with Crippen molar-refractivity contribution >= 4 is 0 Å². The summed E-state index contributed by atoms with van der Waals surface area (Å²) < 4.78 is 0. The fourth-order valence-electron chi connectivity index (χ4n) is 1.42. The Kier molecular flexibility index (Phi) is 3.73. The van der Waals surface area contributed by atoms with Crippen LogP contribution < -0.4 is 0 Å². The summed E-state index contributed by atoms with van der Waals surface area (Å²) in [4.78, 5) is 0. The van der Waals surface area contributed by atoms with Crippen LogP contribution in [0.1, 0.15) is 26.7 Å². The number of hydrogen-bond acceptors (Lipinski definition) is 0. The molecule has 0 bridgehead atoms. The van der Waals surface area contributed by atoms with Crippen molar-refractivity contribution in [1.82, 2.24) is 0 Å². The van der Waals surface area contributed by atoms with Gasteiger partial charge in [-0.25, -0.2) is 0 Å². The first kappa shape index (κ1) is 10.8. The summed E-state index contributed by atoms with van der Waals surface area (Å²) in [6, 6.07) is 0. The Morgan fingerprint density at radius 3 is 3.00 bits per heavy atom. The van der Waals surface area contributed by atoms with E-state index in [2.05, 4.69) is 56.5 Å². The maximum absolute atomic E-state index is 3.76. The second kappa shape index (κ2) is 4.83. The molecule has 0 fully saturated rings. The van der Waals surface area contributed by atoms with Crippen molar-refractivity contribution in [3.05, 3.63) is 54.3 Å². The van der Waals surface area contributed by atoms with E-state index in [1.807, 2.05) is 6.08 Å². The smallest absolute Gasteiger partial charge is 0.0114 e. The highest BCUT2D eigenvalue weighted by atomic mass is 14.2. The second-order valence-electron chi connectivity index (χ2n) is 4.02. The fraction of sp³-hybridized carbons (Fsp3) is 0.357. The Hall–Kier alpha value is -1.26. The lowest BCUT2D eigenvalue weighted by atomic mass is 9.84. The molecule has 0 heterocycles. The number of hydrogen-bond donors (Lipinski definition) is 0. The zero-order valence-electron chi connectivity index (χ0n) is 9.09. The Bertz CT molecular complexity index is 322. The van der Waals surface area contributed by atoms with Crippen LogP contribution in [0.2, 0.25) is 0 Å². The molecule has 0 N–H and O–H groups in total. The lowest BCUT2D eigenvalue weighted by Crippen LogP contribution is -2.08. The van der Waals surface area contributed by atoms with E-state index in [0.29, 0.717) is 0 Å². The minimum absolute atomic E-state index is 0.125. The van der Waals surface area contributed by atoms with E-state index in [-0.39, 0.29) is 5.41 Å². The van der Waals surface area contributed by atoms with Gasteiger partial charge in [0.1, 0.15) is 0 Å². The zero-order valence-corrected chi connectivity index (χ0v) is 9.09. The maximum Gasteiger partial charge on any atom is 0.0114 e. The van der Waals surface area contributed by atoms with Crippen molar-refractivity contribution in [2.45, 2.75) is 26.7 Å². The van der Waals surface area contributed by atoms with E-state index in [4.69, 9.17) is 0 Å². The predicted octanol–water partition coefficient (Wildman–Crippen LogP) is 4.19.